The average Bonchev–Trinajstić information content (AvgIpc) is 3.06. The molecule has 2 aromatic rings. The van der Waals surface area contributed by atoms with Crippen LogP contribution in [0.3, 0.4) is 0 Å². The molecule has 0 bridgehead atoms. The summed E-state index contributed by atoms with van der Waals surface area (Å²) in [5.41, 5.74) is 0.976. The highest BCUT2D eigenvalue weighted by atomic mass is 35.5. The molecule has 3 rings (SSSR count). The second-order valence-corrected chi connectivity index (χ2v) is 8.52. The van der Waals surface area contributed by atoms with Crippen molar-refractivity contribution in [2.75, 3.05) is 34.0 Å². The van der Waals surface area contributed by atoms with Crippen molar-refractivity contribution in [2.24, 2.45) is 5.92 Å². The SMILES string of the molecule is COCCN1C(=O)C(=O)/C(=C(\O)c2ccc(OC)c(Cl)c2)C1c1ccc(OCC(C)C)cc1. The highest BCUT2D eigenvalue weighted by Crippen LogP contribution is 2.40. The Kier molecular flexibility index (Phi) is 8.00. The molecule has 0 radical (unpaired) electrons. The van der Waals surface area contributed by atoms with Crippen molar-refractivity contribution in [1.29, 1.82) is 0 Å². The molecule has 1 atom stereocenters. The molecule has 176 valence electrons. The van der Waals surface area contributed by atoms with Gasteiger partial charge >= 0.3 is 0 Å². The highest BCUT2D eigenvalue weighted by Gasteiger charge is 2.45. The van der Waals surface area contributed by atoms with Gasteiger partial charge in [0.2, 0.25) is 0 Å². The minimum absolute atomic E-state index is 0.00631. The number of benzene rings is 2. The highest BCUT2D eigenvalue weighted by molar-refractivity contribution is 6.46. The number of nitrogens with zero attached hydrogens (tertiary/aromatic N) is 1. The van der Waals surface area contributed by atoms with Gasteiger partial charge in [-0.05, 0) is 41.8 Å². The summed E-state index contributed by atoms with van der Waals surface area (Å²) in [5.74, 6) is -0.269. The van der Waals surface area contributed by atoms with Crippen molar-refractivity contribution >= 4 is 29.1 Å². The van der Waals surface area contributed by atoms with Gasteiger partial charge in [-0.15, -0.1) is 0 Å². The lowest BCUT2D eigenvalue weighted by atomic mass is 9.95. The molecule has 0 saturated carbocycles. The minimum atomic E-state index is -0.778. The lowest BCUT2D eigenvalue weighted by Crippen LogP contribution is -2.32. The second kappa shape index (κ2) is 10.7. The third kappa shape index (κ3) is 5.31. The van der Waals surface area contributed by atoms with Crippen LogP contribution in [0, 0.1) is 5.92 Å². The Morgan fingerprint density at radius 1 is 1.12 bits per heavy atom. The van der Waals surface area contributed by atoms with Gasteiger partial charge in [0.1, 0.15) is 17.3 Å². The Labute approximate surface area is 198 Å². The van der Waals surface area contributed by atoms with E-state index in [0.717, 1.165) is 0 Å². The van der Waals surface area contributed by atoms with E-state index >= 15 is 0 Å². The van der Waals surface area contributed by atoms with E-state index in [1.165, 1.54) is 25.2 Å². The van der Waals surface area contributed by atoms with Crippen molar-refractivity contribution in [1.82, 2.24) is 4.90 Å². The summed E-state index contributed by atoms with van der Waals surface area (Å²) in [5, 5.41) is 11.4. The number of rotatable bonds is 9. The van der Waals surface area contributed by atoms with Gasteiger partial charge < -0.3 is 24.2 Å². The van der Waals surface area contributed by atoms with Gasteiger partial charge in [-0.3, -0.25) is 9.59 Å². The van der Waals surface area contributed by atoms with Crippen LogP contribution in [0.1, 0.15) is 31.0 Å². The zero-order valence-corrected chi connectivity index (χ0v) is 19.9. The van der Waals surface area contributed by atoms with Crippen LogP contribution >= 0.6 is 11.6 Å². The summed E-state index contributed by atoms with van der Waals surface area (Å²) < 4.78 is 16.0. The molecule has 1 N–H and O–H groups in total. The fraction of sp³-hybridized carbons (Fsp3) is 0.360. The molecule has 1 aliphatic rings. The van der Waals surface area contributed by atoms with Crippen LogP contribution in [0.25, 0.3) is 5.76 Å². The third-order valence-electron chi connectivity index (χ3n) is 5.28. The lowest BCUT2D eigenvalue weighted by molar-refractivity contribution is -0.140. The van der Waals surface area contributed by atoms with Crippen LogP contribution in [-0.2, 0) is 14.3 Å². The molecule has 0 spiro atoms. The summed E-state index contributed by atoms with van der Waals surface area (Å²) >= 11 is 6.21. The number of aliphatic hydroxyl groups is 1. The van der Waals surface area contributed by atoms with Crippen molar-refractivity contribution in [3.63, 3.8) is 0 Å². The van der Waals surface area contributed by atoms with Gasteiger partial charge in [0.15, 0.2) is 0 Å². The molecule has 1 saturated heterocycles. The van der Waals surface area contributed by atoms with E-state index in [9.17, 15) is 14.7 Å². The summed E-state index contributed by atoms with van der Waals surface area (Å²) in [7, 11) is 3.00. The quantitative estimate of drug-likeness (QED) is 0.329. The Morgan fingerprint density at radius 3 is 2.39 bits per heavy atom. The van der Waals surface area contributed by atoms with Crippen molar-refractivity contribution in [2.45, 2.75) is 19.9 Å². The lowest BCUT2D eigenvalue weighted by Gasteiger charge is -2.25. The summed E-state index contributed by atoms with van der Waals surface area (Å²) in [6.07, 6.45) is 0. The van der Waals surface area contributed by atoms with Crippen LogP contribution in [-0.4, -0.2) is 55.7 Å². The predicted molar refractivity (Wildman–Crippen MR) is 126 cm³/mol. The average molecular weight is 474 g/mol. The second-order valence-electron chi connectivity index (χ2n) is 8.11. The van der Waals surface area contributed by atoms with E-state index in [2.05, 4.69) is 13.8 Å². The number of amides is 1. The van der Waals surface area contributed by atoms with Gasteiger partial charge in [-0.1, -0.05) is 37.6 Å². The number of likely N-dealkylation sites (tertiary alicyclic amines) is 1. The number of methoxy groups -OCH3 is 2. The molecule has 1 unspecified atom stereocenters. The summed E-state index contributed by atoms with van der Waals surface area (Å²) in [6.45, 7) is 5.13. The number of carbonyl (C=O) groups is 2. The first kappa shape index (κ1) is 24.6. The van der Waals surface area contributed by atoms with Gasteiger partial charge in [0.25, 0.3) is 11.7 Å². The molecule has 0 aliphatic carbocycles. The molecular weight excluding hydrogens is 446 g/mol. The molecule has 7 nitrogen and oxygen atoms in total. The number of carbonyl (C=O) groups excluding carboxylic acids is 2. The van der Waals surface area contributed by atoms with Gasteiger partial charge in [0, 0.05) is 19.2 Å². The maximum absolute atomic E-state index is 13.0. The molecular formula is C25H28ClNO6. The number of aliphatic hydroxyl groups excluding tert-OH is 1. The number of halogens is 1. The minimum Gasteiger partial charge on any atom is -0.507 e. The van der Waals surface area contributed by atoms with Crippen LogP contribution in [0.15, 0.2) is 48.0 Å². The molecule has 0 aromatic heterocycles. The van der Waals surface area contributed by atoms with Gasteiger partial charge in [-0.2, -0.15) is 0 Å². The zero-order valence-electron chi connectivity index (χ0n) is 19.1. The topological polar surface area (TPSA) is 85.3 Å². The Balaban J connectivity index is 2.06. The first-order valence-corrected chi connectivity index (χ1v) is 11.0. The fourth-order valence-electron chi connectivity index (χ4n) is 3.63. The van der Waals surface area contributed by atoms with E-state index in [4.69, 9.17) is 25.8 Å². The monoisotopic (exact) mass is 473 g/mol. The Morgan fingerprint density at radius 2 is 1.82 bits per heavy atom. The van der Waals surface area contributed by atoms with Crippen molar-refractivity contribution in [3.8, 4) is 11.5 Å². The largest absolute Gasteiger partial charge is 0.507 e. The molecule has 1 amide bonds. The van der Waals surface area contributed by atoms with E-state index in [1.807, 2.05) is 0 Å². The number of ketones is 1. The number of Topliss-reactive ketones (excluding diaryl/α,β-unsaturated/α-hetero) is 1. The van der Waals surface area contributed by atoms with Crippen LogP contribution in [0.2, 0.25) is 5.02 Å². The molecule has 1 aliphatic heterocycles. The standard InChI is InChI=1S/C25H28ClNO6/c1-15(2)14-33-18-8-5-16(6-9-18)22-21(24(29)25(30)27(22)11-12-31-3)23(28)17-7-10-20(32-4)19(26)13-17/h5-10,13,15,22,28H,11-12,14H2,1-4H3/b23-21-. The normalized spacial score (nSPS) is 17.6. The van der Waals surface area contributed by atoms with Crippen LogP contribution < -0.4 is 9.47 Å². The third-order valence-corrected chi connectivity index (χ3v) is 5.58. The van der Waals surface area contributed by atoms with Gasteiger partial charge in [-0.25, -0.2) is 0 Å². The molecule has 33 heavy (non-hydrogen) atoms. The van der Waals surface area contributed by atoms with Crippen molar-refractivity contribution in [3.05, 3.63) is 64.2 Å². The zero-order chi connectivity index (χ0) is 24.1. The summed E-state index contributed by atoms with van der Waals surface area (Å²) in [6, 6.07) is 11.1. The molecule has 1 fully saturated rings. The molecule has 1 heterocycles. The van der Waals surface area contributed by atoms with E-state index in [0.29, 0.717) is 35.2 Å². The Bertz CT molecular complexity index is 1050. The first-order chi connectivity index (χ1) is 15.8. The first-order valence-electron chi connectivity index (χ1n) is 10.6. The number of ether oxygens (including phenoxy) is 3. The number of hydrogen-bond acceptors (Lipinski definition) is 6. The van der Waals surface area contributed by atoms with Gasteiger partial charge in [0.05, 0.1) is 37.0 Å². The van der Waals surface area contributed by atoms with E-state index < -0.39 is 17.7 Å². The van der Waals surface area contributed by atoms with E-state index in [-0.39, 0.29) is 29.5 Å². The molecule has 2 aromatic carbocycles. The number of hydrogen-bond donors (Lipinski definition) is 1. The molecule has 8 heteroatoms. The predicted octanol–water partition coefficient (Wildman–Crippen LogP) is 4.45. The summed E-state index contributed by atoms with van der Waals surface area (Å²) in [4.78, 5) is 27.3. The maximum atomic E-state index is 13.0. The van der Waals surface area contributed by atoms with Crippen molar-refractivity contribution < 1.29 is 28.9 Å². The van der Waals surface area contributed by atoms with Crippen LogP contribution in [0.5, 0.6) is 11.5 Å². The Hall–Kier alpha value is -3.03. The van der Waals surface area contributed by atoms with Crippen LogP contribution in [0.4, 0.5) is 0 Å². The fourth-order valence-corrected chi connectivity index (χ4v) is 3.88. The van der Waals surface area contributed by atoms with E-state index in [1.54, 1.807) is 36.4 Å². The maximum Gasteiger partial charge on any atom is 0.295 e. The smallest absolute Gasteiger partial charge is 0.295 e.